The second-order valence-electron chi connectivity index (χ2n) is 4.43. The second kappa shape index (κ2) is 6.38. The van der Waals surface area contributed by atoms with Gasteiger partial charge in [0.05, 0.1) is 0 Å². The lowest BCUT2D eigenvalue weighted by molar-refractivity contribution is 0.218. The van der Waals surface area contributed by atoms with Crippen LogP contribution in [0.25, 0.3) is 0 Å². The van der Waals surface area contributed by atoms with Crippen molar-refractivity contribution >= 4 is 11.8 Å². The molecule has 1 heterocycles. The molecule has 17 heavy (non-hydrogen) atoms. The molecular formula is C13H19FN2S. The van der Waals surface area contributed by atoms with E-state index >= 15 is 0 Å². The van der Waals surface area contributed by atoms with Crippen LogP contribution in [0.2, 0.25) is 0 Å². The van der Waals surface area contributed by atoms with Crippen LogP contribution in [0.5, 0.6) is 0 Å². The van der Waals surface area contributed by atoms with Crippen molar-refractivity contribution < 1.29 is 4.39 Å². The van der Waals surface area contributed by atoms with Crippen LogP contribution in [0.15, 0.2) is 29.2 Å². The highest BCUT2D eigenvalue weighted by Gasteiger charge is 2.14. The van der Waals surface area contributed by atoms with Gasteiger partial charge in [-0.05, 0) is 19.1 Å². The van der Waals surface area contributed by atoms with Gasteiger partial charge in [-0.1, -0.05) is 12.1 Å². The van der Waals surface area contributed by atoms with Crippen molar-refractivity contribution in [3.63, 3.8) is 0 Å². The number of hydrogen-bond donors (Lipinski definition) is 1. The molecule has 0 bridgehead atoms. The monoisotopic (exact) mass is 254 g/mol. The Kier molecular flexibility index (Phi) is 4.83. The minimum Gasteiger partial charge on any atom is -0.312 e. The Balaban J connectivity index is 1.74. The number of halogens is 1. The molecule has 1 aliphatic rings. The van der Waals surface area contributed by atoms with Gasteiger partial charge in [0.1, 0.15) is 5.82 Å². The topological polar surface area (TPSA) is 15.3 Å². The van der Waals surface area contributed by atoms with E-state index < -0.39 is 0 Å². The molecule has 1 N–H and O–H groups in total. The van der Waals surface area contributed by atoms with Gasteiger partial charge in [-0.2, -0.15) is 0 Å². The van der Waals surface area contributed by atoms with E-state index in [1.54, 1.807) is 17.8 Å². The van der Waals surface area contributed by atoms with Gasteiger partial charge in [-0.25, -0.2) is 4.39 Å². The summed E-state index contributed by atoms with van der Waals surface area (Å²) in [4.78, 5) is 3.20. The first kappa shape index (κ1) is 12.9. The standard InChI is InChI=1S/C13H19FN2S/c1-11-10-16(7-6-15-11)8-9-17-13-5-3-2-4-12(13)14/h2-5,11,15H,6-10H2,1H3. The van der Waals surface area contributed by atoms with Crippen molar-refractivity contribution in [2.75, 3.05) is 31.9 Å². The summed E-state index contributed by atoms with van der Waals surface area (Å²) >= 11 is 1.60. The zero-order valence-electron chi connectivity index (χ0n) is 10.2. The second-order valence-corrected chi connectivity index (χ2v) is 5.57. The van der Waals surface area contributed by atoms with Gasteiger partial charge in [0.25, 0.3) is 0 Å². The Morgan fingerprint density at radius 2 is 2.29 bits per heavy atom. The highest BCUT2D eigenvalue weighted by atomic mass is 32.2. The van der Waals surface area contributed by atoms with Crippen LogP contribution in [0.1, 0.15) is 6.92 Å². The molecule has 1 atom stereocenters. The smallest absolute Gasteiger partial charge is 0.136 e. The highest BCUT2D eigenvalue weighted by molar-refractivity contribution is 7.99. The van der Waals surface area contributed by atoms with E-state index in [2.05, 4.69) is 17.1 Å². The molecule has 0 aliphatic carbocycles. The molecule has 0 aromatic heterocycles. The van der Waals surface area contributed by atoms with Crippen molar-refractivity contribution in [2.24, 2.45) is 0 Å². The minimum absolute atomic E-state index is 0.105. The van der Waals surface area contributed by atoms with E-state index in [1.807, 2.05) is 12.1 Å². The van der Waals surface area contributed by atoms with Crippen LogP contribution in [-0.2, 0) is 0 Å². The van der Waals surface area contributed by atoms with E-state index in [-0.39, 0.29) is 5.82 Å². The lowest BCUT2D eigenvalue weighted by atomic mass is 10.2. The summed E-state index contributed by atoms with van der Waals surface area (Å²) in [7, 11) is 0. The van der Waals surface area contributed by atoms with Gasteiger partial charge >= 0.3 is 0 Å². The van der Waals surface area contributed by atoms with Gasteiger partial charge in [-0.15, -0.1) is 11.8 Å². The van der Waals surface area contributed by atoms with Gasteiger partial charge in [0, 0.05) is 42.9 Å². The number of nitrogens with one attached hydrogen (secondary N) is 1. The normalized spacial score (nSPS) is 21.6. The van der Waals surface area contributed by atoms with Gasteiger partial charge in [0.15, 0.2) is 0 Å². The lowest BCUT2D eigenvalue weighted by Gasteiger charge is -2.31. The number of rotatable bonds is 4. The molecule has 4 heteroatoms. The fraction of sp³-hybridized carbons (Fsp3) is 0.538. The summed E-state index contributed by atoms with van der Waals surface area (Å²) in [5.41, 5.74) is 0. The van der Waals surface area contributed by atoms with Crippen LogP contribution in [0.3, 0.4) is 0 Å². The number of nitrogens with zero attached hydrogens (tertiary/aromatic N) is 1. The van der Waals surface area contributed by atoms with Crippen LogP contribution in [0.4, 0.5) is 4.39 Å². The van der Waals surface area contributed by atoms with Crippen LogP contribution < -0.4 is 5.32 Å². The molecule has 0 amide bonds. The van der Waals surface area contributed by atoms with Crippen molar-refractivity contribution in [3.8, 4) is 0 Å². The molecule has 1 aromatic carbocycles. The number of hydrogen-bond acceptors (Lipinski definition) is 3. The molecule has 2 nitrogen and oxygen atoms in total. The van der Waals surface area contributed by atoms with Crippen molar-refractivity contribution in [1.29, 1.82) is 0 Å². The van der Waals surface area contributed by atoms with Gasteiger partial charge in [-0.3, -0.25) is 4.90 Å². The third kappa shape index (κ3) is 3.98. The molecule has 0 spiro atoms. The Morgan fingerprint density at radius 1 is 1.47 bits per heavy atom. The minimum atomic E-state index is -0.105. The number of benzene rings is 1. The maximum absolute atomic E-state index is 13.4. The molecule has 94 valence electrons. The van der Waals surface area contributed by atoms with Gasteiger partial charge in [0.2, 0.25) is 0 Å². The van der Waals surface area contributed by atoms with E-state index in [0.29, 0.717) is 6.04 Å². The van der Waals surface area contributed by atoms with E-state index in [0.717, 1.165) is 36.8 Å². The Bertz CT molecular complexity index is 359. The summed E-state index contributed by atoms with van der Waals surface area (Å²) in [5, 5.41) is 3.42. The largest absolute Gasteiger partial charge is 0.312 e. The highest BCUT2D eigenvalue weighted by Crippen LogP contribution is 2.21. The quantitative estimate of drug-likeness (QED) is 0.829. The molecule has 2 rings (SSSR count). The molecule has 1 saturated heterocycles. The van der Waals surface area contributed by atoms with E-state index in [1.165, 1.54) is 6.07 Å². The average molecular weight is 254 g/mol. The first-order valence-corrected chi connectivity index (χ1v) is 7.07. The third-order valence-electron chi connectivity index (χ3n) is 2.95. The summed E-state index contributed by atoms with van der Waals surface area (Å²) in [6.07, 6.45) is 0. The molecule has 0 radical (unpaired) electrons. The van der Waals surface area contributed by atoms with E-state index in [4.69, 9.17) is 0 Å². The van der Waals surface area contributed by atoms with E-state index in [9.17, 15) is 4.39 Å². The average Bonchev–Trinajstić information content (AvgIpc) is 2.32. The summed E-state index contributed by atoms with van der Waals surface area (Å²) in [5.74, 6) is 0.847. The van der Waals surface area contributed by atoms with Crippen molar-refractivity contribution in [2.45, 2.75) is 17.9 Å². The Morgan fingerprint density at radius 3 is 3.06 bits per heavy atom. The molecular weight excluding hydrogens is 235 g/mol. The predicted molar refractivity (Wildman–Crippen MR) is 71.0 cm³/mol. The zero-order valence-corrected chi connectivity index (χ0v) is 11.0. The summed E-state index contributed by atoms with van der Waals surface area (Å²) in [6.45, 7) is 6.49. The SMILES string of the molecule is CC1CN(CCSc2ccccc2F)CCN1. The molecule has 1 unspecified atom stereocenters. The fourth-order valence-electron chi connectivity index (χ4n) is 2.06. The fourth-order valence-corrected chi connectivity index (χ4v) is 3.01. The number of piperazine rings is 1. The summed E-state index contributed by atoms with van der Waals surface area (Å²) < 4.78 is 13.4. The molecule has 0 saturated carbocycles. The van der Waals surface area contributed by atoms with Crippen LogP contribution in [0, 0.1) is 5.82 Å². The zero-order chi connectivity index (χ0) is 12.1. The predicted octanol–water partition coefficient (Wildman–Crippen LogP) is 2.21. The van der Waals surface area contributed by atoms with Crippen molar-refractivity contribution in [1.82, 2.24) is 10.2 Å². The first-order valence-electron chi connectivity index (χ1n) is 6.09. The lowest BCUT2D eigenvalue weighted by Crippen LogP contribution is -2.49. The Labute approximate surface area is 107 Å². The first-order chi connectivity index (χ1) is 8.25. The maximum Gasteiger partial charge on any atom is 0.136 e. The Hall–Kier alpha value is -0.580. The molecule has 1 fully saturated rings. The van der Waals surface area contributed by atoms with Crippen LogP contribution in [-0.4, -0.2) is 42.9 Å². The molecule has 1 aliphatic heterocycles. The van der Waals surface area contributed by atoms with Crippen molar-refractivity contribution in [3.05, 3.63) is 30.1 Å². The molecule has 1 aromatic rings. The number of thioether (sulfide) groups is 1. The summed E-state index contributed by atoms with van der Waals surface area (Å²) in [6, 6.07) is 7.56. The maximum atomic E-state index is 13.4. The van der Waals surface area contributed by atoms with Crippen LogP contribution >= 0.6 is 11.8 Å². The van der Waals surface area contributed by atoms with Gasteiger partial charge < -0.3 is 5.32 Å². The third-order valence-corrected chi connectivity index (χ3v) is 3.98.